The van der Waals surface area contributed by atoms with E-state index in [9.17, 15) is 13.2 Å². The van der Waals surface area contributed by atoms with Gasteiger partial charge in [0.25, 0.3) is 0 Å². The van der Waals surface area contributed by atoms with Crippen LogP contribution in [0.5, 0.6) is 0 Å². The Labute approximate surface area is 162 Å². The summed E-state index contributed by atoms with van der Waals surface area (Å²) in [6, 6.07) is 5.72. The minimum atomic E-state index is -3.40. The highest BCUT2D eigenvalue weighted by Gasteiger charge is 2.18. The quantitative estimate of drug-likeness (QED) is 0.679. The smallest absolute Gasteiger partial charge is 0.232 e. The maximum atomic E-state index is 12.2. The summed E-state index contributed by atoms with van der Waals surface area (Å²) in [6.07, 6.45) is 1.98. The van der Waals surface area contributed by atoms with E-state index in [1.54, 1.807) is 0 Å². The number of aryl methyl sites for hydroxylation is 2. The van der Waals surface area contributed by atoms with E-state index in [-0.39, 0.29) is 5.91 Å². The van der Waals surface area contributed by atoms with Crippen molar-refractivity contribution >= 4 is 21.6 Å². The summed E-state index contributed by atoms with van der Waals surface area (Å²) in [5.74, 6) is -0.0443. The maximum Gasteiger partial charge on any atom is 0.232 e. The molecule has 1 fully saturated rings. The van der Waals surface area contributed by atoms with Gasteiger partial charge >= 0.3 is 0 Å². The predicted octanol–water partition coefficient (Wildman–Crippen LogP) is 1.30. The van der Waals surface area contributed by atoms with Gasteiger partial charge in [-0.05, 0) is 43.5 Å². The molecule has 1 heterocycles. The molecular weight excluding hydrogens is 366 g/mol. The molecule has 2 rings (SSSR count). The Bertz CT molecular complexity index is 710. The van der Waals surface area contributed by atoms with Crippen molar-refractivity contribution in [2.45, 2.75) is 26.7 Å². The van der Waals surface area contributed by atoms with Crippen molar-refractivity contribution < 1.29 is 17.9 Å². The second-order valence-electron chi connectivity index (χ2n) is 7.09. The maximum absolute atomic E-state index is 12.2. The first-order valence-corrected chi connectivity index (χ1v) is 11.2. The molecular formula is C19H31N3O4S. The molecule has 0 unspecified atom stereocenters. The Kier molecular flexibility index (Phi) is 8.07. The van der Waals surface area contributed by atoms with E-state index in [2.05, 4.69) is 10.2 Å². The number of nitrogens with one attached hydrogen (secondary N) is 1. The molecule has 0 radical (unpaired) electrons. The van der Waals surface area contributed by atoms with Crippen LogP contribution in [-0.2, 0) is 19.6 Å². The van der Waals surface area contributed by atoms with Crippen molar-refractivity contribution in [2.24, 2.45) is 0 Å². The summed E-state index contributed by atoms with van der Waals surface area (Å²) in [5.41, 5.74) is 2.68. The van der Waals surface area contributed by atoms with Gasteiger partial charge in [0.1, 0.15) is 0 Å². The molecule has 1 saturated heterocycles. The number of nitrogens with zero attached hydrogens (tertiary/aromatic N) is 2. The molecule has 8 heteroatoms. The SMILES string of the molecule is Cc1cc(C)cc(N(CCCC(=O)NCCN2CCOCC2)S(C)(=O)=O)c1. The van der Waals surface area contributed by atoms with E-state index in [1.165, 1.54) is 10.6 Å². The standard InChI is InChI=1S/C19H31N3O4S/c1-16-13-17(2)15-18(14-16)22(27(3,24)25)7-4-5-19(23)20-6-8-21-9-11-26-12-10-21/h13-15H,4-12H2,1-3H3,(H,20,23). The van der Waals surface area contributed by atoms with Crippen molar-refractivity contribution in [3.63, 3.8) is 0 Å². The first kappa shape index (κ1) is 21.7. The van der Waals surface area contributed by atoms with Crippen LogP contribution in [0.1, 0.15) is 24.0 Å². The van der Waals surface area contributed by atoms with Gasteiger partial charge in [-0.2, -0.15) is 0 Å². The third-order valence-corrected chi connectivity index (χ3v) is 5.71. The number of anilines is 1. The van der Waals surface area contributed by atoms with Gasteiger partial charge in [0.15, 0.2) is 0 Å². The summed E-state index contributed by atoms with van der Waals surface area (Å²) in [4.78, 5) is 14.3. The molecule has 27 heavy (non-hydrogen) atoms. The fourth-order valence-corrected chi connectivity index (χ4v) is 4.18. The molecule has 0 spiro atoms. The van der Waals surface area contributed by atoms with Crippen molar-refractivity contribution in [3.8, 4) is 0 Å². The Morgan fingerprint density at radius 1 is 1.19 bits per heavy atom. The highest BCUT2D eigenvalue weighted by atomic mass is 32.2. The predicted molar refractivity (Wildman–Crippen MR) is 108 cm³/mol. The van der Waals surface area contributed by atoms with Gasteiger partial charge in [0, 0.05) is 39.1 Å². The molecule has 0 atom stereocenters. The molecule has 0 bridgehead atoms. The van der Waals surface area contributed by atoms with Gasteiger partial charge in [-0.1, -0.05) is 6.07 Å². The monoisotopic (exact) mass is 397 g/mol. The summed E-state index contributed by atoms with van der Waals surface area (Å²) in [7, 11) is -3.40. The Balaban J connectivity index is 1.80. The number of carbonyl (C=O) groups excluding carboxylic acids is 1. The zero-order valence-electron chi connectivity index (χ0n) is 16.5. The van der Waals surface area contributed by atoms with Gasteiger partial charge in [0.05, 0.1) is 25.2 Å². The lowest BCUT2D eigenvalue weighted by atomic mass is 10.1. The van der Waals surface area contributed by atoms with Crippen molar-refractivity contribution in [1.82, 2.24) is 10.2 Å². The average Bonchev–Trinajstić information content (AvgIpc) is 2.57. The highest BCUT2D eigenvalue weighted by molar-refractivity contribution is 7.92. The Morgan fingerprint density at radius 2 is 1.81 bits per heavy atom. The number of rotatable bonds is 9. The molecule has 1 N–H and O–H groups in total. The first-order valence-electron chi connectivity index (χ1n) is 9.38. The molecule has 1 aromatic rings. The number of hydrogen-bond acceptors (Lipinski definition) is 5. The summed E-state index contributed by atoms with van der Waals surface area (Å²) >= 11 is 0. The number of sulfonamides is 1. The van der Waals surface area contributed by atoms with Gasteiger partial charge in [0.2, 0.25) is 15.9 Å². The van der Waals surface area contributed by atoms with E-state index in [1.807, 2.05) is 32.0 Å². The van der Waals surface area contributed by atoms with Crippen molar-refractivity contribution in [2.75, 3.05) is 56.5 Å². The minimum absolute atomic E-state index is 0.0443. The van der Waals surface area contributed by atoms with Crippen LogP contribution >= 0.6 is 0 Å². The minimum Gasteiger partial charge on any atom is -0.379 e. The molecule has 152 valence electrons. The van der Waals surface area contributed by atoms with Crippen LogP contribution in [0.15, 0.2) is 18.2 Å². The second kappa shape index (κ2) is 10.1. The fraction of sp³-hybridized carbons (Fsp3) is 0.632. The third kappa shape index (κ3) is 7.48. The van der Waals surface area contributed by atoms with Gasteiger partial charge in [-0.25, -0.2) is 8.42 Å². The van der Waals surface area contributed by atoms with Gasteiger partial charge in [-0.3, -0.25) is 14.0 Å². The van der Waals surface area contributed by atoms with Crippen LogP contribution in [0.4, 0.5) is 5.69 Å². The van der Waals surface area contributed by atoms with E-state index in [0.29, 0.717) is 31.6 Å². The molecule has 0 aliphatic carbocycles. The Morgan fingerprint density at radius 3 is 2.41 bits per heavy atom. The first-order chi connectivity index (χ1) is 12.8. The summed E-state index contributed by atoms with van der Waals surface area (Å²) in [5, 5.41) is 2.91. The molecule has 1 aliphatic heterocycles. The third-order valence-electron chi connectivity index (χ3n) is 4.51. The number of benzene rings is 1. The van der Waals surface area contributed by atoms with Crippen LogP contribution in [-0.4, -0.2) is 71.4 Å². The number of amides is 1. The topological polar surface area (TPSA) is 79.0 Å². The summed E-state index contributed by atoms with van der Waals surface area (Å²) < 4.78 is 31.1. The van der Waals surface area contributed by atoms with Crippen LogP contribution < -0.4 is 9.62 Å². The number of hydrogen-bond donors (Lipinski definition) is 1. The zero-order chi connectivity index (χ0) is 19.9. The molecule has 1 aromatic carbocycles. The number of ether oxygens (including phenoxy) is 1. The molecule has 0 saturated carbocycles. The van der Waals surface area contributed by atoms with Crippen LogP contribution in [0.3, 0.4) is 0 Å². The molecule has 0 aromatic heterocycles. The lowest BCUT2D eigenvalue weighted by Crippen LogP contribution is -2.41. The van der Waals surface area contributed by atoms with Crippen LogP contribution in [0.25, 0.3) is 0 Å². The normalized spacial score (nSPS) is 15.5. The lowest BCUT2D eigenvalue weighted by Gasteiger charge is -2.26. The van der Waals surface area contributed by atoms with E-state index in [0.717, 1.165) is 44.0 Å². The zero-order valence-corrected chi connectivity index (χ0v) is 17.3. The Hall–Kier alpha value is -1.64. The lowest BCUT2D eigenvalue weighted by molar-refractivity contribution is -0.121. The van der Waals surface area contributed by atoms with Gasteiger partial charge in [-0.15, -0.1) is 0 Å². The van der Waals surface area contributed by atoms with E-state index in [4.69, 9.17) is 4.74 Å². The van der Waals surface area contributed by atoms with Crippen LogP contribution in [0.2, 0.25) is 0 Å². The number of morpholine rings is 1. The van der Waals surface area contributed by atoms with Crippen LogP contribution in [0, 0.1) is 13.8 Å². The van der Waals surface area contributed by atoms with E-state index >= 15 is 0 Å². The van der Waals surface area contributed by atoms with Crippen molar-refractivity contribution in [3.05, 3.63) is 29.3 Å². The van der Waals surface area contributed by atoms with Gasteiger partial charge < -0.3 is 10.1 Å². The van der Waals surface area contributed by atoms with E-state index < -0.39 is 10.0 Å². The average molecular weight is 398 g/mol. The molecule has 1 amide bonds. The number of carbonyl (C=O) groups is 1. The summed E-state index contributed by atoms with van der Waals surface area (Å²) in [6.45, 7) is 8.88. The fourth-order valence-electron chi connectivity index (χ4n) is 3.23. The largest absolute Gasteiger partial charge is 0.379 e. The van der Waals surface area contributed by atoms with Crippen molar-refractivity contribution in [1.29, 1.82) is 0 Å². The molecule has 1 aliphatic rings. The highest BCUT2D eigenvalue weighted by Crippen LogP contribution is 2.21. The molecule has 7 nitrogen and oxygen atoms in total. The second-order valence-corrected chi connectivity index (χ2v) is 9.00.